The van der Waals surface area contributed by atoms with E-state index in [0.717, 1.165) is 23.2 Å². The van der Waals surface area contributed by atoms with E-state index >= 15 is 0 Å². The molecule has 0 bridgehead atoms. The Morgan fingerprint density at radius 3 is 2.37 bits per heavy atom. The topological polar surface area (TPSA) is 97.9 Å². The molecule has 2 aromatic carbocycles. The molecule has 2 aromatic rings. The summed E-state index contributed by atoms with van der Waals surface area (Å²) < 4.78 is 5.41. The molecule has 6 heteroatoms. The van der Waals surface area contributed by atoms with Crippen LogP contribution in [0.1, 0.15) is 11.1 Å². The molecule has 0 spiro atoms. The van der Waals surface area contributed by atoms with Crippen molar-refractivity contribution in [3.8, 4) is 23.3 Å². The zero-order chi connectivity index (χ0) is 19.1. The van der Waals surface area contributed by atoms with Gasteiger partial charge >= 0.3 is 0 Å². The molecule has 2 atom stereocenters. The molecule has 0 saturated carbocycles. The van der Waals surface area contributed by atoms with Crippen LogP contribution in [0.4, 0.5) is 0 Å². The third-order valence-corrected chi connectivity index (χ3v) is 4.43. The van der Waals surface area contributed by atoms with Crippen molar-refractivity contribution in [1.29, 1.82) is 10.5 Å². The van der Waals surface area contributed by atoms with E-state index in [1.807, 2.05) is 36.4 Å². The minimum atomic E-state index is -0.608. The van der Waals surface area contributed by atoms with Gasteiger partial charge in [0.1, 0.15) is 12.1 Å². The van der Waals surface area contributed by atoms with Crippen LogP contribution in [0.2, 0.25) is 0 Å². The number of nitrogens with zero attached hydrogens (tertiary/aromatic N) is 2. The SMILES string of the molecule is N#Cc1ccc(-c2ccc(CC(C#N)NC(=O)C3CNCCO3)cc2)cc1. The number of rotatable bonds is 5. The van der Waals surface area contributed by atoms with E-state index in [2.05, 4.69) is 22.8 Å². The first-order valence-electron chi connectivity index (χ1n) is 8.81. The molecular formula is C21H20N4O2. The number of nitriles is 2. The first kappa shape index (κ1) is 18.6. The van der Waals surface area contributed by atoms with Crippen LogP contribution >= 0.6 is 0 Å². The summed E-state index contributed by atoms with van der Waals surface area (Å²) in [5.41, 5.74) is 3.64. The van der Waals surface area contributed by atoms with Crippen LogP contribution in [0.3, 0.4) is 0 Å². The minimum absolute atomic E-state index is 0.261. The van der Waals surface area contributed by atoms with E-state index in [4.69, 9.17) is 10.00 Å². The van der Waals surface area contributed by atoms with Crippen LogP contribution in [-0.2, 0) is 16.0 Å². The Hall–Kier alpha value is -3.19. The molecule has 1 amide bonds. The molecule has 1 aliphatic rings. The van der Waals surface area contributed by atoms with Crippen LogP contribution in [0, 0.1) is 22.7 Å². The molecule has 6 nitrogen and oxygen atoms in total. The zero-order valence-electron chi connectivity index (χ0n) is 14.8. The van der Waals surface area contributed by atoms with Crippen LogP contribution < -0.4 is 10.6 Å². The van der Waals surface area contributed by atoms with Gasteiger partial charge in [-0.3, -0.25) is 4.79 Å². The van der Waals surface area contributed by atoms with Crippen LogP contribution in [-0.4, -0.2) is 37.7 Å². The number of carbonyl (C=O) groups excluding carboxylic acids is 1. The van der Waals surface area contributed by atoms with Crippen molar-refractivity contribution in [2.45, 2.75) is 18.6 Å². The average Bonchev–Trinajstić information content (AvgIpc) is 2.74. The number of benzene rings is 2. The van der Waals surface area contributed by atoms with Crippen molar-refractivity contribution in [2.24, 2.45) is 0 Å². The van der Waals surface area contributed by atoms with Crippen molar-refractivity contribution >= 4 is 5.91 Å². The van der Waals surface area contributed by atoms with Crippen molar-refractivity contribution in [1.82, 2.24) is 10.6 Å². The van der Waals surface area contributed by atoms with E-state index in [9.17, 15) is 10.1 Å². The lowest BCUT2D eigenvalue weighted by Gasteiger charge is -2.24. The van der Waals surface area contributed by atoms with Gasteiger partial charge in [0.15, 0.2) is 0 Å². The number of ether oxygens (including phenoxy) is 1. The Morgan fingerprint density at radius 1 is 1.15 bits per heavy atom. The number of morpholine rings is 1. The van der Waals surface area contributed by atoms with Gasteiger partial charge in [0, 0.05) is 19.5 Å². The summed E-state index contributed by atoms with van der Waals surface area (Å²) in [6, 6.07) is 18.9. The van der Waals surface area contributed by atoms with Crippen LogP contribution in [0.5, 0.6) is 0 Å². The Morgan fingerprint density at radius 2 is 1.81 bits per heavy atom. The van der Waals surface area contributed by atoms with Gasteiger partial charge in [0.05, 0.1) is 24.3 Å². The highest BCUT2D eigenvalue weighted by Gasteiger charge is 2.24. The van der Waals surface area contributed by atoms with E-state index < -0.39 is 12.1 Å². The number of hydrogen-bond acceptors (Lipinski definition) is 5. The minimum Gasteiger partial charge on any atom is -0.366 e. The molecule has 1 aliphatic heterocycles. The standard InChI is InChI=1S/C21H20N4O2/c22-12-16-3-7-18(8-4-16)17-5-1-15(2-6-17)11-19(13-23)25-21(26)20-14-24-9-10-27-20/h1-8,19-20,24H,9-11,14H2,(H,25,26). The quantitative estimate of drug-likeness (QED) is 0.847. The second kappa shape index (κ2) is 8.95. The molecule has 3 rings (SSSR count). The maximum atomic E-state index is 12.2. The molecule has 136 valence electrons. The molecule has 1 saturated heterocycles. The van der Waals surface area contributed by atoms with Crippen molar-refractivity contribution in [3.63, 3.8) is 0 Å². The first-order chi connectivity index (χ1) is 13.2. The predicted molar refractivity (Wildman–Crippen MR) is 100 cm³/mol. The number of nitrogens with one attached hydrogen (secondary N) is 2. The van der Waals surface area contributed by atoms with E-state index in [0.29, 0.717) is 25.1 Å². The summed E-state index contributed by atoms with van der Waals surface area (Å²) in [5.74, 6) is -0.261. The Labute approximate surface area is 158 Å². The second-order valence-electron chi connectivity index (χ2n) is 6.34. The van der Waals surface area contributed by atoms with Gasteiger partial charge in [-0.05, 0) is 28.8 Å². The highest BCUT2D eigenvalue weighted by atomic mass is 16.5. The zero-order valence-corrected chi connectivity index (χ0v) is 14.8. The molecule has 2 N–H and O–H groups in total. The van der Waals surface area contributed by atoms with Gasteiger partial charge in [0.2, 0.25) is 0 Å². The lowest BCUT2D eigenvalue weighted by Crippen LogP contribution is -2.50. The van der Waals surface area contributed by atoms with Gasteiger partial charge < -0.3 is 15.4 Å². The van der Waals surface area contributed by atoms with Gasteiger partial charge in [-0.15, -0.1) is 0 Å². The molecule has 1 fully saturated rings. The lowest BCUT2D eigenvalue weighted by atomic mass is 10.00. The largest absolute Gasteiger partial charge is 0.366 e. The highest BCUT2D eigenvalue weighted by Crippen LogP contribution is 2.20. The number of amides is 1. The molecule has 2 unspecified atom stereocenters. The van der Waals surface area contributed by atoms with E-state index in [-0.39, 0.29) is 5.91 Å². The lowest BCUT2D eigenvalue weighted by molar-refractivity contribution is -0.134. The van der Waals surface area contributed by atoms with Crippen LogP contribution in [0.25, 0.3) is 11.1 Å². The Bertz CT molecular complexity index is 857. The molecule has 27 heavy (non-hydrogen) atoms. The van der Waals surface area contributed by atoms with Crippen LogP contribution in [0.15, 0.2) is 48.5 Å². The third-order valence-electron chi connectivity index (χ3n) is 4.43. The fourth-order valence-electron chi connectivity index (χ4n) is 2.93. The fourth-order valence-corrected chi connectivity index (χ4v) is 2.93. The van der Waals surface area contributed by atoms with Gasteiger partial charge in [-0.25, -0.2) is 0 Å². The van der Waals surface area contributed by atoms with Crippen molar-refractivity contribution in [3.05, 3.63) is 59.7 Å². The molecule has 0 radical (unpaired) electrons. The first-order valence-corrected chi connectivity index (χ1v) is 8.81. The molecule has 0 aliphatic carbocycles. The summed E-state index contributed by atoms with van der Waals surface area (Å²) in [5, 5.41) is 24.1. The summed E-state index contributed by atoms with van der Waals surface area (Å²) in [6.45, 7) is 1.69. The summed E-state index contributed by atoms with van der Waals surface area (Å²) in [4.78, 5) is 12.2. The van der Waals surface area contributed by atoms with Gasteiger partial charge in [-0.2, -0.15) is 10.5 Å². The maximum Gasteiger partial charge on any atom is 0.251 e. The average molecular weight is 360 g/mol. The highest BCUT2D eigenvalue weighted by molar-refractivity contribution is 5.81. The molecular weight excluding hydrogens is 340 g/mol. The fraction of sp³-hybridized carbons (Fsp3) is 0.286. The number of carbonyl (C=O) groups is 1. The Kier molecular flexibility index (Phi) is 6.17. The summed E-state index contributed by atoms with van der Waals surface area (Å²) in [7, 11) is 0. The maximum absolute atomic E-state index is 12.2. The second-order valence-corrected chi connectivity index (χ2v) is 6.34. The van der Waals surface area contributed by atoms with Gasteiger partial charge in [-0.1, -0.05) is 36.4 Å². The summed E-state index contributed by atoms with van der Waals surface area (Å²) in [6.07, 6.45) is -0.121. The number of hydrogen-bond donors (Lipinski definition) is 2. The third kappa shape index (κ3) is 4.92. The smallest absolute Gasteiger partial charge is 0.251 e. The molecule has 1 heterocycles. The monoisotopic (exact) mass is 360 g/mol. The van der Waals surface area contributed by atoms with E-state index in [1.54, 1.807) is 12.1 Å². The van der Waals surface area contributed by atoms with E-state index in [1.165, 1.54) is 0 Å². The molecule has 0 aromatic heterocycles. The van der Waals surface area contributed by atoms with Gasteiger partial charge in [0.25, 0.3) is 5.91 Å². The normalized spacial score (nSPS) is 17.3. The summed E-state index contributed by atoms with van der Waals surface area (Å²) >= 11 is 0. The Balaban J connectivity index is 1.61. The predicted octanol–water partition coefficient (Wildman–Crippen LogP) is 1.76. The van der Waals surface area contributed by atoms with Crippen molar-refractivity contribution < 1.29 is 9.53 Å². The van der Waals surface area contributed by atoms with Crippen molar-refractivity contribution in [2.75, 3.05) is 19.7 Å².